The van der Waals surface area contributed by atoms with Gasteiger partial charge in [0.2, 0.25) is 0 Å². The molecule has 1 aliphatic heterocycles. The summed E-state index contributed by atoms with van der Waals surface area (Å²) >= 11 is 3.96. The second-order valence-corrected chi connectivity index (χ2v) is 14.3. The summed E-state index contributed by atoms with van der Waals surface area (Å²) in [5.74, 6) is 2.87. The summed E-state index contributed by atoms with van der Waals surface area (Å²) in [6.07, 6.45) is 12.4. The van der Waals surface area contributed by atoms with Crippen LogP contribution in [0.15, 0.2) is 95.6 Å². The lowest BCUT2D eigenvalue weighted by molar-refractivity contribution is 0.197. The summed E-state index contributed by atoms with van der Waals surface area (Å²) in [5.41, 5.74) is 11.7. The van der Waals surface area contributed by atoms with Gasteiger partial charge in [-0.25, -0.2) is 0 Å². The molecular weight excluding hydrogens is 615 g/mol. The fourth-order valence-electron chi connectivity index (χ4n) is 6.98. The van der Waals surface area contributed by atoms with Gasteiger partial charge in [-0.15, -0.1) is 0 Å². The molecule has 2 unspecified atom stereocenters. The van der Waals surface area contributed by atoms with Gasteiger partial charge < -0.3 is 9.88 Å². The van der Waals surface area contributed by atoms with Crippen LogP contribution in [0, 0.1) is 5.92 Å². The van der Waals surface area contributed by atoms with Crippen LogP contribution in [0.25, 0.3) is 16.5 Å². The van der Waals surface area contributed by atoms with E-state index in [1.807, 2.05) is 6.92 Å². The molecule has 1 N–H and O–H groups in total. The highest BCUT2D eigenvalue weighted by atomic mass is 32.1. The van der Waals surface area contributed by atoms with Gasteiger partial charge in [0.15, 0.2) is 0 Å². The molecule has 2 heterocycles. The molecule has 266 valence electrons. The summed E-state index contributed by atoms with van der Waals surface area (Å²) in [7, 11) is 1.77. The summed E-state index contributed by atoms with van der Waals surface area (Å²) in [5, 5.41) is 1.37. The van der Waals surface area contributed by atoms with Crippen molar-refractivity contribution in [1.29, 1.82) is 0 Å². The molecular formula is C45H65N3S. The van der Waals surface area contributed by atoms with Crippen molar-refractivity contribution >= 4 is 34.8 Å². The largest absolute Gasteiger partial charge is 0.361 e. The van der Waals surface area contributed by atoms with Crippen LogP contribution >= 0.6 is 12.6 Å². The number of thiol groups is 1. The van der Waals surface area contributed by atoms with Crippen molar-refractivity contribution in [1.82, 2.24) is 9.88 Å². The van der Waals surface area contributed by atoms with E-state index < -0.39 is 0 Å². The van der Waals surface area contributed by atoms with Gasteiger partial charge in [-0.2, -0.15) is 12.6 Å². The number of aromatic amines is 1. The van der Waals surface area contributed by atoms with E-state index >= 15 is 0 Å². The molecule has 4 heteroatoms. The van der Waals surface area contributed by atoms with Gasteiger partial charge in [0.1, 0.15) is 0 Å². The Morgan fingerprint density at radius 3 is 2.18 bits per heavy atom. The van der Waals surface area contributed by atoms with E-state index in [1.54, 1.807) is 23.8 Å². The molecule has 2 fully saturated rings. The molecule has 2 atom stereocenters. The fraction of sp³-hybridized carbons (Fsp3) is 0.489. The minimum atomic E-state index is 0. The predicted octanol–water partition coefficient (Wildman–Crippen LogP) is 12.4. The topological polar surface area (TPSA) is 31.4 Å². The number of aryl methyl sites for hydroxylation is 1. The second kappa shape index (κ2) is 21.2. The van der Waals surface area contributed by atoms with Gasteiger partial charge in [-0.1, -0.05) is 113 Å². The van der Waals surface area contributed by atoms with E-state index in [9.17, 15) is 0 Å². The first-order chi connectivity index (χ1) is 23.4. The number of nitrogens with zero attached hydrogens (tertiary/aromatic N) is 2. The van der Waals surface area contributed by atoms with E-state index in [-0.39, 0.29) is 7.43 Å². The Morgan fingerprint density at radius 1 is 0.918 bits per heavy atom. The molecule has 1 saturated carbocycles. The van der Waals surface area contributed by atoms with E-state index in [1.165, 1.54) is 98.6 Å². The van der Waals surface area contributed by atoms with Crippen LogP contribution in [0.4, 0.5) is 0 Å². The number of hydrogen-bond acceptors (Lipinski definition) is 3. The Hall–Kier alpha value is -3.08. The van der Waals surface area contributed by atoms with Crippen LogP contribution in [-0.4, -0.2) is 48.0 Å². The van der Waals surface area contributed by atoms with Gasteiger partial charge in [0.25, 0.3) is 0 Å². The zero-order chi connectivity index (χ0) is 34.3. The summed E-state index contributed by atoms with van der Waals surface area (Å²) in [4.78, 5) is 9.83. The number of para-hydroxylation sites is 1. The minimum Gasteiger partial charge on any atom is -0.361 e. The molecule has 0 radical (unpaired) electrons. The third kappa shape index (κ3) is 11.7. The number of benzene rings is 3. The molecule has 1 aliphatic carbocycles. The maximum atomic E-state index is 3.96. The number of nitrogens with one attached hydrogen (secondary N) is 1. The van der Waals surface area contributed by atoms with Crippen molar-refractivity contribution in [2.75, 3.05) is 32.4 Å². The normalized spacial score (nSPS) is 16.3. The maximum absolute atomic E-state index is 3.96. The van der Waals surface area contributed by atoms with Crippen LogP contribution in [0.5, 0.6) is 0 Å². The van der Waals surface area contributed by atoms with Gasteiger partial charge in [0.05, 0.1) is 0 Å². The lowest BCUT2D eigenvalue weighted by atomic mass is 9.80. The molecule has 49 heavy (non-hydrogen) atoms. The third-order valence-corrected chi connectivity index (χ3v) is 11.2. The van der Waals surface area contributed by atoms with Crippen LogP contribution in [0.1, 0.15) is 121 Å². The van der Waals surface area contributed by atoms with Crippen molar-refractivity contribution in [3.05, 3.63) is 113 Å². The molecule has 1 saturated heterocycles. The average Bonchev–Trinajstić information content (AvgIpc) is 3.53. The summed E-state index contributed by atoms with van der Waals surface area (Å²) < 4.78 is 0. The third-order valence-electron chi connectivity index (χ3n) is 10.8. The SMILES string of the molecule is C.CC(=C1CCC1)c1ccccc1C1CCN(CCC(C)C(C)c2ccccc2)CC1.CCCc1c[nH]c2ccccc12.CN=C(C)CS. The lowest BCUT2D eigenvalue weighted by Gasteiger charge is -2.34. The van der Waals surface area contributed by atoms with Gasteiger partial charge in [-0.05, 0) is 130 Å². The highest BCUT2D eigenvalue weighted by Gasteiger charge is 2.25. The van der Waals surface area contributed by atoms with Crippen molar-refractivity contribution in [3.63, 3.8) is 0 Å². The number of aromatic nitrogens is 1. The number of hydrogen-bond donors (Lipinski definition) is 2. The van der Waals surface area contributed by atoms with E-state index in [4.69, 9.17) is 0 Å². The van der Waals surface area contributed by atoms with E-state index in [0.29, 0.717) is 5.92 Å². The van der Waals surface area contributed by atoms with Crippen molar-refractivity contribution < 1.29 is 0 Å². The predicted molar refractivity (Wildman–Crippen MR) is 222 cm³/mol. The quantitative estimate of drug-likeness (QED) is 0.127. The second-order valence-electron chi connectivity index (χ2n) is 14.0. The first-order valence-electron chi connectivity index (χ1n) is 18.5. The molecule has 3 nitrogen and oxygen atoms in total. The Kier molecular flexibility index (Phi) is 17.5. The molecule has 1 aromatic heterocycles. The Morgan fingerprint density at radius 2 is 1.57 bits per heavy atom. The van der Waals surface area contributed by atoms with Crippen molar-refractivity contribution in [3.8, 4) is 0 Å². The highest BCUT2D eigenvalue weighted by Crippen LogP contribution is 2.38. The zero-order valence-corrected chi connectivity index (χ0v) is 31.5. The zero-order valence-electron chi connectivity index (χ0n) is 30.6. The van der Waals surface area contributed by atoms with Crippen LogP contribution in [-0.2, 0) is 6.42 Å². The van der Waals surface area contributed by atoms with E-state index in [0.717, 1.165) is 23.3 Å². The highest BCUT2D eigenvalue weighted by molar-refractivity contribution is 7.81. The monoisotopic (exact) mass is 679 g/mol. The van der Waals surface area contributed by atoms with Gasteiger partial charge >= 0.3 is 0 Å². The smallest absolute Gasteiger partial charge is 0.0456 e. The van der Waals surface area contributed by atoms with Crippen molar-refractivity contribution in [2.24, 2.45) is 10.9 Å². The Labute approximate surface area is 305 Å². The number of likely N-dealkylation sites (tertiary alicyclic amines) is 1. The fourth-order valence-corrected chi connectivity index (χ4v) is 7.12. The lowest BCUT2D eigenvalue weighted by Crippen LogP contribution is -2.34. The number of rotatable bonds is 10. The number of aliphatic imine (C=N–C) groups is 1. The van der Waals surface area contributed by atoms with Crippen LogP contribution < -0.4 is 0 Å². The Bertz CT molecular complexity index is 1570. The Balaban J connectivity index is 0.000000281. The van der Waals surface area contributed by atoms with Crippen molar-refractivity contribution in [2.45, 2.75) is 105 Å². The maximum Gasteiger partial charge on any atom is 0.0456 e. The van der Waals surface area contributed by atoms with Gasteiger partial charge in [-0.3, -0.25) is 4.99 Å². The minimum absolute atomic E-state index is 0. The summed E-state index contributed by atoms with van der Waals surface area (Å²) in [6, 6.07) is 28.7. The molecule has 6 rings (SSSR count). The van der Waals surface area contributed by atoms with Crippen LogP contribution in [0.2, 0.25) is 0 Å². The van der Waals surface area contributed by atoms with Crippen LogP contribution in [0.3, 0.4) is 0 Å². The molecule has 0 spiro atoms. The standard InChI is InChI=1S/C29H39N.C11H13N.C4H9NS.CH4/c1-22(23(2)25-10-5-4-6-11-25)16-19-30-20-17-27(18-21-30)29-15-8-7-14-28(29)24(3)26-12-9-13-26;1-2-5-9-8-12-11-7-4-3-6-10(9)11;1-4(3-6)5-2;/h4-8,10-11,14-15,22-23,27H,9,12-13,16-21H2,1-3H3;3-4,6-8,12H,2,5H2,1H3;6H,3H2,1-2H3;1H4. The number of H-pyrrole nitrogens is 1. The molecule has 2 aliphatic rings. The average molecular weight is 680 g/mol. The molecule has 0 amide bonds. The first-order valence-corrected chi connectivity index (χ1v) is 19.1. The molecule has 4 aromatic rings. The first kappa shape index (κ1) is 40.4. The van der Waals surface area contributed by atoms with E-state index in [2.05, 4.69) is 140 Å². The molecule has 3 aromatic carbocycles. The number of fused-ring (bicyclic) bond motifs is 1. The molecule has 0 bridgehead atoms. The number of allylic oxidation sites excluding steroid dienone is 2. The van der Waals surface area contributed by atoms with Gasteiger partial charge in [0, 0.05) is 35.6 Å². The number of piperidine rings is 1. The summed E-state index contributed by atoms with van der Waals surface area (Å²) in [6.45, 7) is 15.1.